The summed E-state index contributed by atoms with van der Waals surface area (Å²) in [6, 6.07) is 8.62. The highest BCUT2D eigenvalue weighted by molar-refractivity contribution is 6.36. The molecule has 2 aromatic rings. The van der Waals surface area contributed by atoms with Crippen LogP contribution in [0.25, 0.3) is 0 Å². The van der Waals surface area contributed by atoms with Crippen molar-refractivity contribution < 1.29 is 19.0 Å². The maximum atomic E-state index is 12.2. The van der Waals surface area contributed by atoms with E-state index in [2.05, 4.69) is 5.32 Å². The maximum absolute atomic E-state index is 12.2. The first-order chi connectivity index (χ1) is 12.0. The van der Waals surface area contributed by atoms with Gasteiger partial charge < -0.3 is 19.5 Å². The third-order valence-electron chi connectivity index (χ3n) is 3.66. The molecule has 25 heavy (non-hydrogen) atoms. The first kappa shape index (κ1) is 19.2. The Morgan fingerprint density at radius 1 is 0.960 bits per heavy atom. The second kappa shape index (κ2) is 8.83. The normalized spacial score (nSPS) is 10.3. The predicted octanol–water partition coefficient (Wildman–Crippen LogP) is 3.88. The number of hydrogen-bond acceptors (Lipinski definition) is 4. The van der Waals surface area contributed by atoms with Gasteiger partial charge in [-0.2, -0.15) is 0 Å². The summed E-state index contributed by atoms with van der Waals surface area (Å²) in [5.74, 6) is 1.50. The van der Waals surface area contributed by atoms with E-state index in [0.29, 0.717) is 32.9 Å². The molecule has 0 unspecified atom stereocenters. The molecule has 7 heteroatoms. The highest BCUT2D eigenvalue weighted by atomic mass is 35.5. The molecule has 0 spiro atoms. The predicted molar refractivity (Wildman–Crippen MR) is 98.1 cm³/mol. The van der Waals surface area contributed by atoms with Crippen molar-refractivity contribution in [2.45, 2.75) is 13.0 Å². The molecule has 0 fully saturated rings. The zero-order valence-electron chi connectivity index (χ0n) is 14.2. The molecule has 1 N–H and O–H groups in total. The van der Waals surface area contributed by atoms with Gasteiger partial charge in [0.25, 0.3) is 0 Å². The molecule has 2 rings (SSSR count). The Kier molecular flexibility index (Phi) is 6.79. The van der Waals surface area contributed by atoms with E-state index >= 15 is 0 Å². The van der Waals surface area contributed by atoms with Gasteiger partial charge in [-0.1, -0.05) is 29.3 Å². The topological polar surface area (TPSA) is 56.8 Å². The molecule has 0 atom stereocenters. The maximum Gasteiger partial charge on any atom is 0.224 e. The fraction of sp³-hybridized carbons (Fsp3) is 0.278. The Morgan fingerprint density at radius 2 is 1.52 bits per heavy atom. The molecular weight excluding hydrogens is 365 g/mol. The fourth-order valence-electron chi connectivity index (χ4n) is 2.35. The summed E-state index contributed by atoms with van der Waals surface area (Å²) < 4.78 is 15.9. The number of hydrogen-bond donors (Lipinski definition) is 1. The molecule has 0 saturated heterocycles. The van der Waals surface area contributed by atoms with Gasteiger partial charge in [-0.15, -0.1) is 0 Å². The number of halogens is 2. The molecule has 134 valence electrons. The Morgan fingerprint density at radius 3 is 2.08 bits per heavy atom. The van der Waals surface area contributed by atoms with Crippen molar-refractivity contribution in [1.29, 1.82) is 0 Å². The van der Waals surface area contributed by atoms with Gasteiger partial charge in [-0.05, 0) is 23.8 Å². The second-order valence-corrected chi connectivity index (χ2v) is 5.99. The fourth-order valence-corrected chi connectivity index (χ4v) is 2.88. The van der Waals surface area contributed by atoms with Crippen LogP contribution in [0, 0.1) is 0 Å². The standard InChI is InChI=1S/C18H19Cl2NO4/c1-23-15-9-17(25-3)16(24-2)7-11(15)10-21-18(22)8-12-13(19)5-4-6-14(12)20/h4-7,9H,8,10H2,1-3H3,(H,21,22). The van der Waals surface area contributed by atoms with Crippen molar-refractivity contribution in [2.24, 2.45) is 0 Å². The highest BCUT2D eigenvalue weighted by Gasteiger charge is 2.14. The summed E-state index contributed by atoms with van der Waals surface area (Å²) >= 11 is 12.2. The second-order valence-electron chi connectivity index (χ2n) is 5.17. The van der Waals surface area contributed by atoms with Crippen LogP contribution >= 0.6 is 23.2 Å². The van der Waals surface area contributed by atoms with E-state index in [4.69, 9.17) is 37.4 Å². The molecule has 2 aromatic carbocycles. The van der Waals surface area contributed by atoms with Gasteiger partial charge in [0.15, 0.2) is 11.5 Å². The summed E-state index contributed by atoms with van der Waals surface area (Å²) in [6.07, 6.45) is 0.0914. The molecule has 0 aromatic heterocycles. The zero-order chi connectivity index (χ0) is 18.4. The molecule has 0 heterocycles. The van der Waals surface area contributed by atoms with Crippen LogP contribution in [0.4, 0.5) is 0 Å². The lowest BCUT2D eigenvalue weighted by atomic mass is 10.1. The number of nitrogens with one attached hydrogen (secondary N) is 1. The molecule has 0 saturated carbocycles. The SMILES string of the molecule is COc1cc(OC)c(OC)cc1CNC(=O)Cc1c(Cl)cccc1Cl. The smallest absolute Gasteiger partial charge is 0.224 e. The average Bonchev–Trinajstić information content (AvgIpc) is 2.62. The van der Waals surface area contributed by atoms with Gasteiger partial charge in [0.2, 0.25) is 5.91 Å². The lowest BCUT2D eigenvalue weighted by Gasteiger charge is -2.15. The Labute approximate surface area is 156 Å². The number of benzene rings is 2. The molecule has 0 bridgehead atoms. The Balaban J connectivity index is 2.11. The van der Waals surface area contributed by atoms with Crippen LogP contribution in [0.3, 0.4) is 0 Å². The van der Waals surface area contributed by atoms with E-state index in [-0.39, 0.29) is 18.9 Å². The van der Waals surface area contributed by atoms with E-state index in [9.17, 15) is 4.79 Å². The number of rotatable bonds is 7. The number of methoxy groups -OCH3 is 3. The largest absolute Gasteiger partial charge is 0.496 e. The summed E-state index contributed by atoms with van der Waals surface area (Å²) in [5.41, 5.74) is 1.36. The van der Waals surface area contributed by atoms with Crippen LogP contribution in [0.2, 0.25) is 10.0 Å². The molecule has 0 aliphatic heterocycles. The summed E-state index contributed by atoms with van der Waals surface area (Å²) in [4.78, 5) is 12.2. The quantitative estimate of drug-likeness (QED) is 0.787. The number of ether oxygens (including phenoxy) is 3. The van der Waals surface area contributed by atoms with Crippen LogP contribution in [0.15, 0.2) is 30.3 Å². The zero-order valence-corrected chi connectivity index (χ0v) is 15.7. The highest BCUT2D eigenvalue weighted by Crippen LogP contribution is 2.34. The molecule has 0 aliphatic carbocycles. The summed E-state index contributed by atoms with van der Waals surface area (Å²) in [7, 11) is 4.65. The van der Waals surface area contributed by atoms with Crippen LogP contribution < -0.4 is 19.5 Å². The van der Waals surface area contributed by atoms with Gasteiger partial charge in [-0.25, -0.2) is 0 Å². The number of carbonyl (C=O) groups is 1. The molecular formula is C18H19Cl2NO4. The van der Waals surface area contributed by atoms with Crippen LogP contribution in [-0.4, -0.2) is 27.2 Å². The van der Waals surface area contributed by atoms with Crippen molar-refractivity contribution >= 4 is 29.1 Å². The van der Waals surface area contributed by atoms with Gasteiger partial charge in [0, 0.05) is 28.2 Å². The van der Waals surface area contributed by atoms with Crippen molar-refractivity contribution in [3.8, 4) is 17.2 Å². The number of amides is 1. The van der Waals surface area contributed by atoms with E-state index < -0.39 is 0 Å². The first-order valence-electron chi connectivity index (χ1n) is 7.48. The van der Waals surface area contributed by atoms with E-state index in [0.717, 1.165) is 5.56 Å². The van der Waals surface area contributed by atoms with Crippen molar-refractivity contribution in [1.82, 2.24) is 5.32 Å². The average molecular weight is 384 g/mol. The third-order valence-corrected chi connectivity index (χ3v) is 4.37. The summed E-state index contributed by atoms with van der Waals surface area (Å²) in [5, 5.41) is 3.76. The van der Waals surface area contributed by atoms with E-state index in [1.807, 2.05) is 0 Å². The minimum atomic E-state index is -0.202. The summed E-state index contributed by atoms with van der Waals surface area (Å²) in [6.45, 7) is 0.268. The van der Waals surface area contributed by atoms with E-state index in [1.165, 1.54) is 0 Å². The van der Waals surface area contributed by atoms with Gasteiger partial charge >= 0.3 is 0 Å². The van der Waals surface area contributed by atoms with Crippen LogP contribution in [-0.2, 0) is 17.8 Å². The monoisotopic (exact) mass is 383 g/mol. The minimum Gasteiger partial charge on any atom is -0.496 e. The van der Waals surface area contributed by atoms with E-state index in [1.54, 1.807) is 51.7 Å². The van der Waals surface area contributed by atoms with Crippen LogP contribution in [0.5, 0.6) is 17.2 Å². The van der Waals surface area contributed by atoms with Crippen molar-refractivity contribution in [3.63, 3.8) is 0 Å². The van der Waals surface area contributed by atoms with Crippen molar-refractivity contribution in [2.75, 3.05) is 21.3 Å². The third kappa shape index (κ3) is 4.71. The van der Waals surface area contributed by atoms with Gasteiger partial charge in [-0.3, -0.25) is 4.79 Å². The number of carbonyl (C=O) groups excluding carboxylic acids is 1. The molecule has 1 amide bonds. The van der Waals surface area contributed by atoms with Gasteiger partial charge in [0.05, 0.1) is 27.8 Å². The molecule has 0 radical (unpaired) electrons. The molecule has 0 aliphatic rings. The molecule has 5 nitrogen and oxygen atoms in total. The lowest BCUT2D eigenvalue weighted by molar-refractivity contribution is -0.120. The Bertz CT molecular complexity index is 745. The van der Waals surface area contributed by atoms with Gasteiger partial charge in [0.1, 0.15) is 5.75 Å². The van der Waals surface area contributed by atoms with Crippen molar-refractivity contribution in [3.05, 3.63) is 51.5 Å². The Hall–Kier alpha value is -2.11. The van der Waals surface area contributed by atoms with Crippen LogP contribution in [0.1, 0.15) is 11.1 Å². The minimum absolute atomic E-state index is 0.0914. The lowest BCUT2D eigenvalue weighted by Crippen LogP contribution is -2.25. The first-order valence-corrected chi connectivity index (χ1v) is 8.24.